The molecule has 0 atom stereocenters. The van der Waals surface area contributed by atoms with Crippen LogP contribution in [0.4, 0.5) is 0 Å². The van der Waals surface area contributed by atoms with Crippen LogP contribution in [0.25, 0.3) is 0 Å². The summed E-state index contributed by atoms with van der Waals surface area (Å²) in [5.41, 5.74) is 1.66. The Bertz CT molecular complexity index is 449. The van der Waals surface area contributed by atoms with Crippen LogP contribution in [0.2, 0.25) is 0 Å². The number of carbonyl (C=O) groups is 1. The van der Waals surface area contributed by atoms with Crippen molar-refractivity contribution in [1.82, 2.24) is 14.9 Å². The molecule has 2 aliphatic rings. The Labute approximate surface area is 100 Å². The summed E-state index contributed by atoms with van der Waals surface area (Å²) < 4.78 is 7.18. The van der Waals surface area contributed by atoms with Gasteiger partial charge >= 0.3 is 5.97 Å². The van der Waals surface area contributed by atoms with E-state index in [0.717, 1.165) is 44.0 Å². The van der Waals surface area contributed by atoms with E-state index in [4.69, 9.17) is 4.74 Å². The highest BCUT2D eigenvalue weighted by molar-refractivity contribution is 5.89. The van der Waals surface area contributed by atoms with E-state index < -0.39 is 0 Å². The highest BCUT2D eigenvalue weighted by atomic mass is 16.5. The second kappa shape index (κ2) is 4.14. The first-order chi connectivity index (χ1) is 8.31. The van der Waals surface area contributed by atoms with Gasteiger partial charge in [-0.3, -0.25) is 0 Å². The maximum absolute atomic E-state index is 12.0. The third-order valence-corrected chi connectivity index (χ3v) is 3.30. The van der Waals surface area contributed by atoms with Gasteiger partial charge in [0, 0.05) is 19.0 Å². The molecule has 1 aliphatic carbocycles. The number of rotatable bonds is 3. The van der Waals surface area contributed by atoms with E-state index in [2.05, 4.69) is 10.3 Å². The minimum Gasteiger partial charge on any atom is -0.461 e. The van der Waals surface area contributed by atoms with E-state index in [1.165, 1.54) is 0 Å². The third kappa shape index (κ3) is 1.84. The molecule has 0 unspecified atom stereocenters. The summed E-state index contributed by atoms with van der Waals surface area (Å²) in [7, 11) is 0. The molecule has 0 saturated heterocycles. The minimum absolute atomic E-state index is 0.213. The fraction of sp³-hybridized carbons (Fsp3) is 0.667. The maximum Gasteiger partial charge on any atom is 0.356 e. The van der Waals surface area contributed by atoms with Crippen LogP contribution in [0.1, 0.15) is 47.7 Å². The molecule has 1 fully saturated rings. The van der Waals surface area contributed by atoms with Gasteiger partial charge in [-0.15, -0.1) is 0 Å². The molecule has 0 aromatic carbocycles. The number of hydrogen-bond donors (Lipinski definition) is 1. The van der Waals surface area contributed by atoms with Crippen molar-refractivity contribution in [1.29, 1.82) is 0 Å². The van der Waals surface area contributed by atoms with Crippen molar-refractivity contribution in [2.24, 2.45) is 0 Å². The molecule has 1 aliphatic heterocycles. The van der Waals surface area contributed by atoms with Crippen molar-refractivity contribution >= 4 is 5.97 Å². The number of ether oxygens (including phenoxy) is 1. The van der Waals surface area contributed by atoms with Gasteiger partial charge < -0.3 is 14.6 Å². The van der Waals surface area contributed by atoms with Gasteiger partial charge in [0.25, 0.3) is 0 Å². The van der Waals surface area contributed by atoms with Crippen LogP contribution in [0.3, 0.4) is 0 Å². The first-order valence-electron chi connectivity index (χ1n) is 6.28. The van der Waals surface area contributed by atoms with Crippen LogP contribution in [-0.2, 0) is 17.8 Å². The van der Waals surface area contributed by atoms with Crippen LogP contribution >= 0.6 is 0 Å². The lowest BCUT2D eigenvalue weighted by atomic mass is 10.2. The number of imidazole rings is 1. The summed E-state index contributed by atoms with van der Waals surface area (Å²) in [5.74, 6) is 1.24. The summed E-state index contributed by atoms with van der Waals surface area (Å²) in [4.78, 5) is 16.6. The number of carbonyl (C=O) groups excluding carboxylic acids is 1. The van der Waals surface area contributed by atoms with Gasteiger partial charge in [0.2, 0.25) is 0 Å². The molecule has 2 heterocycles. The monoisotopic (exact) mass is 235 g/mol. The zero-order valence-corrected chi connectivity index (χ0v) is 10.0. The van der Waals surface area contributed by atoms with Crippen molar-refractivity contribution in [2.45, 2.75) is 38.8 Å². The van der Waals surface area contributed by atoms with Gasteiger partial charge in [-0.05, 0) is 19.8 Å². The summed E-state index contributed by atoms with van der Waals surface area (Å²) in [6.07, 6.45) is 2.30. The molecule has 0 bridgehead atoms. The quantitative estimate of drug-likeness (QED) is 0.795. The first-order valence-corrected chi connectivity index (χ1v) is 6.28. The van der Waals surface area contributed by atoms with E-state index in [9.17, 15) is 4.79 Å². The molecular formula is C12H17N3O2. The van der Waals surface area contributed by atoms with E-state index in [0.29, 0.717) is 18.2 Å². The fourth-order valence-electron chi connectivity index (χ4n) is 2.34. The standard InChI is InChI=1S/C12H17N3O2/c1-2-17-12(16)11-10(8-3-4-8)14-9-7-13-5-6-15(9)11/h8,13H,2-7H2,1H3. The molecule has 17 heavy (non-hydrogen) atoms. The van der Waals surface area contributed by atoms with Crippen molar-refractivity contribution in [2.75, 3.05) is 13.2 Å². The Hall–Kier alpha value is -1.36. The van der Waals surface area contributed by atoms with Crippen LogP contribution in [0.5, 0.6) is 0 Å². The molecule has 1 N–H and O–H groups in total. The largest absolute Gasteiger partial charge is 0.461 e. The van der Waals surface area contributed by atoms with Crippen LogP contribution in [0, 0.1) is 0 Å². The molecule has 5 nitrogen and oxygen atoms in total. The predicted octanol–water partition coefficient (Wildman–Crippen LogP) is 1.04. The van der Waals surface area contributed by atoms with Crippen molar-refractivity contribution in [3.05, 3.63) is 17.2 Å². The Kier molecular flexibility index (Phi) is 2.63. The topological polar surface area (TPSA) is 56.1 Å². The number of hydrogen-bond acceptors (Lipinski definition) is 4. The molecule has 1 saturated carbocycles. The fourth-order valence-corrected chi connectivity index (χ4v) is 2.34. The molecule has 1 aromatic rings. The van der Waals surface area contributed by atoms with Gasteiger partial charge in [0.15, 0.2) is 5.69 Å². The SMILES string of the molecule is CCOC(=O)c1c(C2CC2)nc2n1CCNC2. The number of nitrogens with zero attached hydrogens (tertiary/aromatic N) is 2. The number of fused-ring (bicyclic) bond motifs is 1. The first kappa shape index (κ1) is 10.8. The van der Waals surface area contributed by atoms with Crippen molar-refractivity contribution < 1.29 is 9.53 Å². The summed E-state index contributed by atoms with van der Waals surface area (Å²) in [5, 5.41) is 3.28. The van der Waals surface area contributed by atoms with Gasteiger partial charge in [-0.1, -0.05) is 0 Å². The second-order valence-corrected chi connectivity index (χ2v) is 4.59. The van der Waals surface area contributed by atoms with E-state index in [1.807, 2.05) is 11.5 Å². The molecule has 92 valence electrons. The Morgan fingerprint density at radius 1 is 1.59 bits per heavy atom. The van der Waals surface area contributed by atoms with Crippen molar-refractivity contribution in [3.8, 4) is 0 Å². The van der Waals surface area contributed by atoms with Gasteiger partial charge in [0.1, 0.15) is 5.82 Å². The predicted molar refractivity (Wildman–Crippen MR) is 61.9 cm³/mol. The lowest BCUT2D eigenvalue weighted by molar-refractivity contribution is 0.0511. The minimum atomic E-state index is -0.213. The Morgan fingerprint density at radius 3 is 3.12 bits per heavy atom. The van der Waals surface area contributed by atoms with E-state index in [1.54, 1.807) is 0 Å². The Morgan fingerprint density at radius 2 is 2.41 bits per heavy atom. The van der Waals surface area contributed by atoms with Gasteiger partial charge in [-0.25, -0.2) is 9.78 Å². The maximum atomic E-state index is 12.0. The molecule has 0 amide bonds. The summed E-state index contributed by atoms with van der Waals surface area (Å²) in [6.45, 7) is 4.70. The lowest BCUT2D eigenvalue weighted by Crippen LogP contribution is -2.30. The smallest absolute Gasteiger partial charge is 0.356 e. The van der Waals surface area contributed by atoms with Crippen LogP contribution in [-0.4, -0.2) is 28.7 Å². The number of nitrogens with one attached hydrogen (secondary N) is 1. The third-order valence-electron chi connectivity index (χ3n) is 3.30. The molecule has 3 rings (SSSR count). The van der Waals surface area contributed by atoms with Crippen LogP contribution < -0.4 is 5.32 Å². The normalized spacial score (nSPS) is 18.9. The zero-order valence-electron chi connectivity index (χ0n) is 10.0. The second-order valence-electron chi connectivity index (χ2n) is 4.59. The summed E-state index contributed by atoms with van der Waals surface area (Å²) in [6, 6.07) is 0. The number of esters is 1. The van der Waals surface area contributed by atoms with Crippen LogP contribution in [0.15, 0.2) is 0 Å². The zero-order chi connectivity index (χ0) is 11.8. The molecule has 1 aromatic heterocycles. The summed E-state index contributed by atoms with van der Waals surface area (Å²) >= 11 is 0. The van der Waals surface area contributed by atoms with E-state index in [-0.39, 0.29) is 5.97 Å². The molecule has 0 radical (unpaired) electrons. The molecule has 5 heteroatoms. The van der Waals surface area contributed by atoms with Gasteiger partial charge in [0.05, 0.1) is 18.8 Å². The van der Waals surface area contributed by atoms with Crippen molar-refractivity contribution in [3.63, 3.8) is 0 Å². The molecular weight excluding hydrogens is 218 g/mol. The average Bonchev–Trinajstić information content (AvgIpc) is 3.09. The molecule has 0 spiro atoms. The lowest BCUT2D eigenvalue weighted by Gasteiger charge is -2.16. The highest BCUT2D eigenvalue weighted by Crippen LogP contribution is 2.41. The van der Waals surface area contributed by atoms with Gasteiger partial charge in [-0.2, -0.15) is 0 Å². The van der Waals surface area contributed by atoms with E-state index >= 15 is 0 Å². The Balaban J connectivity index is 2.02. The average molecular weight is 235 g/mol. The highest BCUT2D eigenvalue weighted by Gasteiger charge is 2.35. The number of aromatic nitrogens is 2.